The molecule has 0 bridgehead atoms. The van der Waals surface area contributed by atoms with Crippen molar-refractivity contribution in [3.05, 3.63) is 48.6 Å². The zero-order chi connectivity index (χ0) is 38.5. The van der Waals surface area contributed by atoms with Gasteiger partial charge in [0.1, 0.15) is 43.2 Å². The van der Waals surface area contributed by atoms with Crippen molar-refractivity contribution in [2.45, 2.75) is 111 Å². The van der Waals surface area contributed by atoms with E-state index in [1.165, 1.54) is 20.0 Å². The summed E-state index contributed by atoms with van der Waals surface area (Å²) in [6.07, 6.45) is -0.255. The molecule has 0 aliphatic rings. The van der Waals surface area contributed by atoms with Crippen LogP contribution in [-0.2, 0) is 49.6 Å². The number of carbonyl (C=O) groups excluding carboxylic acids is 7. The van der Waals surface area contributed by atoms with Crippen LogP contribution in [0.3, 0.4) is 0 Å². The minimum absolute atomic E-state index is 0.00830. The molecule has 4 N–H and O–H groups in total. The van der Waals surface area contributed by atoms with Gasteiger partial charge in [-0.2, -0.15) is 0 Å². The molecule has 0 unspecified atom stereocenters. The van der Waals surface area contributed by atoms with Crippen LogP contribution in [0.2, 0.25) is 0 Å². The molecule has 0 heterocycles. The Balaban J connectivity index is 3.43. The summed E-state index contributed by atoms with van der Waals surface area (Å²) in [7, 11) is 1.45. The number of Topliss-reactive ketones (excluding diaryl/α,β-unsaturated/α-hetero) is 1. The molecule has 0 saturated carbocycles. The summed E-state index contributed by atoms with van der Waals surface area (Å²) in [6.45, 7) is 13.6. The van der Waals surface area contributed by atoms with Gasteiger partial charge in [0.15, 0.2) is 0 Å². The van der Waals surface area contributed by atoms with Crippen LogP contribution in [-0.4, -0.2) is 79.4 Å². The van der Waals surface area contributed by atoms with E-state index in [2.05, 4.69) is 27.8 Å². The number of ketones is 1. The minimum atomic E-state index is -1.55. The van der Waals surface area contributed by atoms with Gasteiger partial charge < -0.3 is 35.5 Å². The molecular weight excluding hydrogens is 660 g/mol. The number of alkyl carbamates (subject to hydrolysis) is 1. The van der Waals surface area contributed by atoms with E-state index in [0.29, 0.717) is 6.42 Å². The van der Waals surface area contributed by atoms with E-state index in [9.17, 15) is 33.6 Å². The number of amides is 4. The summed E-state index contributed by atoms with van der Waals surface area (Å²) in [5.41, 5.74) is 0.744. The fourth-order valence-corrected chi connectivity index (χ4v) is 4.92. The maximum Gasteiger partial charge on any atom is 0.408 e. The Morgan fingerprint density at radius 2 is 1.51 bits per heavy atom. The Hall–Kier alpha value is -4.75. The van der Waals surface area contributed by atoms with Crippen molar-refractivity contribution in [3.8, 4) is 0 Å². The van der Waals surface area contributed by atoms with E-state index in [1.54, 1.807) is 38.1 Å². The highest BCUT2D eigenvalue weighted by molar-refractivity contribution is 5.93. The predicted molar refractivity (Wildman–Crippen MR) is 190 cm³/mol. The first-order valence-electron chi connectivity index (χ1n) is 17.4. The molecule has 0 saturated heterocycles. The number of nitrogens with one attached hydrogen (secondary N) is 4. The normalized spacial score (nSPS) is 14.4. The second-order valence-corrected chi connectivity index (χ2v) is 12.8. The van der Waals surface area contributed by atoms with Crippen molar-refractivity contribution in [3.63, 3.8) is 0 Å². The first-order valence-corrected chi connectivity index (χ1v) is 17.4. The molecule has 0 spiro atoms. The van der Waals surface area contributed by atoms with E-state index in [1.807, 2.05) is 26.8 Å². The van der Waals surface area contributed by atoms with Crippen molar-refractivity contribution >= 4 is 41.5 Å². The van der Waals surface area contributed by atoms with Crippen molar-refractivity contribution in [1.29, 1.82) is 0 Å². The number of esters is 2. The van der Waals surface area contributed by atoms with Gasteiger partial charge in [-0.3, -0.25) is 19.2 Å². The Morgan fingerprint density at radius 1 is 0.843 bits per heavy atom. The van der Waals surface area contributed by atoms with Gasteiger partial charge in [0.25, 0.3) is 0 Å². The monoisotopic (exact) mass is 716 g/mol. The molecule has 0 aliphatic carbocycles. The topological polar surface area (TPSA) is 195 Å². The van der Waals surface area contributed by atoms with Crippen LogP contribution in [0.15, 0.2) is 43.0 Å². The Morgan fingerprint density at radius 3 is 2.08 bits per heavy atom. The number of benzene rings is 1. The summed E-state index contributed by atoms with van der Waals surface area (Å²) in [4.78, 5) is 91.2. The average molecular weight is 717 g/mol. The maximum atomic E-state index is 14.0. The van der Waals surface area contributed by atoms with Crippen molar-refractivity contribution < 1.29 is 47.8 Å². The van der Waals surface area contributed by atoms with Crippen LogP contribution in [0.1, 0.15) is 85.6 Å². The number of carbonyl (C=O) groups is 7. The van der Waals surface area contributed by atoms with Crippen LogP contribution < -0.4 is 21.3 Å². The molecule has 0 aliphatic heterocycles. The highest BCUT2D eigenvalue weighted by Crippen LogP contribution is 2.17. The largest absolute Gasteiger partial charge is 0.459 e. The molecule has 1 rings (SSSR count). The summed E-state index contributed by atoms with van der Waals surface area (Å²) < 4.78 is 16.2. The molecule has 51 heavy (non-hydrogen) atoms. The lowest BCUT2D eigenvalue weighted by Crippen LogP contribution is -2.58. The van der Waals surface area contributed by atoms with E-state index in [0.717, 1.165) is 5.56 Å². The van der Waals surface area contributed by atoms with Gasteiger partial charge in [0, 0.05) is 32.2 Å². The zero-order valence-corrected chi connectivity index (χ0v) is 31.0. The molecule has 4 amide bonds. The van der Waals surface area contributed by atoms with Gasteiger partial charge in [0.05, 0.1) is 0 Å². The smallest absolute Gasteiger partial charge is 0.408 e. The fraction of sp³-hybridized carbons (Fsp3) is 0.595. The summed E-state index contributed by atoms with van der Waals surface area (Å²) in [5.74, 6) is -5.18. The summed E-state index contributed by atoms with van der Waals surface area (Å²) in [6, 6.07) is 5.16. The molecular formula is C37H56N4O10. The number of rotatable bonds is 23. The van der Waals surface area contributed by atoms with Gasteiger partial charge in [-0.25, -0.2) is 14.4 Å². The molecule has 14 heteroatoms. The second-order valence-electron chi connectivity index (χ2n) is 12.8. The van der Waals surface area contributed by atoms with Gasteiger partial charge in [-0.05, 0) is 37.2 Å². The van der Waals surface area contributed by atoms with Crippen molar-refractivity contribution in [1.82, 2.24) is 21.3 Å². The van der Waals surface area contributed by atoms with Crippen LogP contribution in [0.4, 0.5) is 4.79 Å². The van der Waals surface area contributed by atoms with E-state index in [4.69, 9.17) is 14.2 Å². The molecule has 284 valence electrons. The van der Waals surface area contributed by atoms with Gasteiger partial charge >= 0.3 is 18.0 Å². The molecule has 1 aromatic carbocycles. The van der Waals surface area contributed by atoms with Gasteiger partial charge in [-0.1, -0.05) is 84.0 Å². The molecule has 6 atom stereocenters. The van der Waals surface area contributed by atoms with Crippen molar-refractivity contribution in [2.75, 3.05) is 13.7 Å². The first-order chi connectivity index (χ1) is 24.2. The Bertz CT molecular complexity index is 1320. The standard InChI is InChI=1S/C37H56N4O10/c1-9-19-49-37(48)41-31(24(6)10-2)36(47)51-25(7)32(40-33(44)27(21-28(42)11-3)17-18-30(43)38-8)34(45)39-29(20-23(4)5)35(46)50-22-26-15-13-12-14-16-26/h9,12-16,23-25,27,29,31-32H,1,10-11,17-22H2,2-8H3,(H,38,43)(H,39,45)(H,40,44)(H,41,48)/t24-,25+,27+,29-,31-,32-/m0/s1. The maximum absolute atomic E-state index is 14.0. The van der Waals surface area contributed by atoms with Crippen LogP contribution in [0, 0.1) is 17.8 Å². The minimum Gasteiger partial charge on any atom is -0.459 e. The highest BCUT2D eigenvalue weighted by atomic mass is 16.6. The Kier molecular flexibility index (Phi) is 20.5. The van der Waals surface area contributed by atoms with Gasteiger partial charge in [-0.15, -0.1) is 0 Å². The molecule has 0 radical (unpaired) electrons. The van der Waals surface area contributed by atoms with Crippen LogP contribution in [0.25, 0.3) is 0 Å². The van der Waals surface area contributed by atoms with Crippen molar-refractivity contribution in [2.24, 2.45) is 17.8 Å². The lowest BCUT2D eigenvalue weighted by Gasteiger charge is -2.30. The lowest BCUT2D eigenvalue weighted by molar-refractivity contribution is -0.157. The lowest BCUT2D eigenvalue weighted by atomic mass is 9.94. The zero-order valence-electron chi connectivity index (χ0n) is 31.0. The second kappa shape index (κ2) is 23.6. The molecule has 14 nitrogen and oxygen atoms in total. The summed E-state index contributed by atoms with van der Waals surface area (Å²) in [5, 5.41) is 10.2. The molecule has 0 fully saturated rings. The number of ether oxygens (including phenoxy) is 3. The van der Waals surface area contributed by atoms with Gasteiger partial charge in [0.2, 0.25) is 17.7 Å². The average Bonchev–Trinajstić information content (AvgIpc) is 3.11. The van der Waals surface area contributed by atoms with Crippen LogP contribution in [0.5, 0.6) is 0 Å². The number of hydrogen-bond donors (Lipinski definition) is 4. The Labute approximate surface area is 301 Å². The SMILES string of the molecule is C=CCOC(=O)N[C@H](C(=O)O[C@H](C)[C@H](NC(=O)[C@H](CCC(=O)NC)CC(=O)CC)C(=O)N[C@@H](CC(C)C)C(=O)OCc1ccccc1)[C@@H](C)CC. The van der Waals surface area contributed by atoms with E-state index in [-0.39, 0.29) is 62.9 Å². The van der Waals surface area contributed by atoms with Crippen LogP contribution >= 0.6 is 0 Å². The quantitative estimate of drug-likeness (QED) is 0.0740. The summed E-state index contributed by atoms with van der Waals surface area (Å²) >= 11 is 0. The fourth-order valence-electron chi connectivity index (χ4n) is 4.92. The molecule has 1 aromatic rings. The first kappa shape index (κ1) is 44.3. The third-order valence-corrected chi connectivity index (χ3v) is 8.19. The predicted octanol–water partition coefficient (Wildman–Crippen LogP) is 3.52. The number of hydrogen-bond acceptors (Lipinski definition) is 10. The molecule has 0 aromatic heterocycles. The third-order valence-electron chi connectivity index (χ3n) is 8.19. The highest BCUT2D eigenvalue weighted by Gasteiger charge is 2.37. The van der Waals surface area contributed by atoms with E-state index < -0.39 is 65.9 Å². The third kappa shape index (κ3) is 16.7. The van der Waals surface area contributed by atoms with E-state index >= 15 is 0 Å².